The Labute approximate surface area is 146 Å². The number of hydrogen-bond acceptors (Lipinski definition) is 6. The lowest BCUT2D eigenvalue weighted by Crippen LogP contribution is -2.38. The highest BCUT2D eigenvalue weighted by Crippen LogP contribution is 2.52. The molecule has 6 nitrogen and oxygen atoms in total. The molecule has 7 atom stereocenters. The molecule has 2 N–H and O–H groups in total. The highest BCUT2D eigenvalue weighted by atomic mass is 16.6. The van der Waals surface area contributed by atoms with Crippen molar-refractivity contribution in [2.24, 2.45) is 23.7 Å². The van der Waals surface area contributed by atoms with Gasteiger partial charge in [0, 0.05) is 18.3 Å². The van der Waals surface area contributed by atoms with Crippen LogP contribution >= 0.6 is 0 Å². The molecule has 1 aliphatic heterocycles. The second kappa shape index (κ2) is 6.42. The van der Waals surface area contributed by atoms with Crippen LogP contribution < -0.4 is 0 Å². The van der Waals surface area contributed by atoms with Gasteiger partial charge in [-0.15, -0.1) is 0 Å². The summed E-state index contributed by atoms with van der Waals surface area (Å²) in [6.07, 6.45) is -0.868. The van der Waals surface area contributed by atoms with Gasteiger partial charge in [-0.2, -0.15) is 0 Å². The fourth-order valence-corrected chi connectivity index (χ4v) is 4.44. The normalized spacial score (nSPS) is 40.1. The van der Waals surface area contributed by atoms with Gasteiger partial charge < -0.3 is 19.7 Å². The lowest BCUT2D eigenvalue weighted by Gasteiger charge is -2.29. The van der Waals surface area contributed by atoms with Crippen molar-refractivity contribution in [2.75, 3.05) is 6.61 Å². The number of aliphatic hydroxyl groups is 2. The van der Waals surface area contributed by atoms with E-state index >= 15 is 0 Å². The third kappa shape index (κ3) is 2.83. The van der Waals surface area contributed by atoms with Gasteiger partial charge in [0.2, 0.25) is 0 Å². The lowest BCUT2D eigenvalue weighted by atomic mass is 9.79. The van der Waals surface area contributed by atoms with E-state index in [0.29, 0.717) is 18.4 Å². The molecule has 3 fully saturated rings. The number of rotatable bonds is 3. The van der Waals surface area contributed by atoms with Gasteiger partial charge in [0.05, 0.1) is 24.2 Å². The first-order valence-corrected chi connectivity index (χ1v) is 8.50. The molecule has 2 aliphatic carbocycles. The Bertz CT molecular complexity index is 650. The van der Waals surface area contributed by atoms with Crippen LogP contribution in [-0.4, -0.2) is 47.1 Å². The molecule has 7 unspecified atom stereocenters. The fourth-order valence-electron chi connectivity index (χ4n) is 4.44. The van der Waals surface area contributed by atoms with Crippen molar-refractivity contribution in [1.82, 2.24) is 0 Å². The molecule has 0 radical (unpaired) electrons. The summed E-state index contributed by atoms with van der Waals surface area (Å²) in [6, 6.07) is 0. The molecule has 136 valence electrons. The first-order valence-electron chi connectivity index (χ1n) is 8.50. The predicted molar refractivity (Wildman–Crippen MR) is 89.1 cm³/mol. The van der Waals surface area contributed by atoms with Gasteiger partial charge in [-0.1, -0.05) is 32.2 Å². The van der Waals surface area contributed by atoms with E-state index in [-0.39, 0.29) is 29.3 Å². The van der Waals surface area contributed by atoms with E-state index in [1.54, 1.807) is 6.92 Å². The standard InChI is InChI=1S/C19H24O6/c1-8-5-14(24-18(22)9(2)7-20)16-11(4)19(23)25-17(16)15-10(3)13(21)6-12(8)15/h11-17,20-21H,1-3,5-7H2,4H3. The van der Waals surface area contributed by atoms with Crippen LogP contribution in [0.1, 0.15) is 19.8 Å². The highest BCUT2D eigenvalue weighted by molar-refractivity contribution is 5.88. The number of ether oxygens (including phenoxy) is 2. The van der Waals surface area contributed by atoms with Crippen LogP contribution in [0.4, 0.5) is 0 Å². The van der Waals surface area contributed by atoms with Crippen LogP contribution in [0.5, 0.6) is 0 Å². The Hall–Kier alpha value is -1.92. The number of hydrogen-bond donors (Lipinski definition) is 2. The Morgan fingerprint density at radius 1 is 1.40 bits per heavy atom. The maximum Gasteiger partial charge on any atom is 0.336 e. The summed E-state index contributed by atoms with van der Waals surface area (Å²) in [5, 5.41) is 19.3. The zero-order valence-corrected chi connectivity index (χ0v) is 14.3. The van der Waals surface area contributed by atoms with Gasteiger partial charge >= 0.3 is 11.9 Å². The van der Waals surface area contributed by atoms with E-state index < -0.39 is 36.8 Å². The average molecular weight is 348 g/mol. The van der Waals surface area contributed by atoms with Gasteiger partial charge in [-0.05, 0) is 17.9 Å². The largest absolute Gasteiger partial charge is 0.461 e. The number of aliphatic hydroxyl groups excluding tert-OH is 2. The van der Waals surface area contributed by atoms with Crippen molar-refractivity contribution in [3.05, 3.63) is 36.5 Å². The maximum absolute atomic E-state index is 12.2. The second-order valence-electron chi connectivity index (χ2n) is 7.29. The minimum atomic E-state index is -0.684. The molecule has 0 aromatic carbocycles. The fraction of sp³-hybridized carbons (Fsp3) is 0.579. The maximum atomic E-state index is 12.2. The van der Waals surface area contributed by atoms with E-state index in [9.17, 15) is 14.7 Å². The van der Waals surface area contributed by atoms with E-state index in [0.717, 1.165) is 5.57 Å². The number of carbonyl (C=O) groups excluding carboxylic acids is 2. The zero-order chi connectivity index (χ0) is 18.5. The molecule has 3 aliphatic rings. The van der Waals surface area contributed by atoms with Gasteiger partial charge in [-0.3, -0.25) is 4.79 Å². The molecule has 2 saturated carbocycles. The Morgan fingerprint density at radius 3 is 2.72 bits per heavy atom. The van der Waals surface area contributed by atoms with E-state index in [4.69, 9.17) is 14.6 Å². The average Bonchev–Trinajstić information content (AvgIpc) is 2.99. The smallest absolute Gasteiger partial charge is 0.336 e. The van der Waals surface area contributed by atoms with Crippen LogP contribution in [-0.2, 0) is 19.1 Å². The van der Waals surface area contributed by atoms with E-state index in [1.165, 1.54) is 0 Å². The van der Waals surface area contributed by atoms with Gasteiger partial charge in [-0.25, -0.2) is 4.79 Å². The van der Waals surface area contributed by atoms with Crippen LogP contribution in [0.3, 0.4) is 0 Å². The topological polar surface area (TPSA) is 93.1 Å². The summed E-state index contributed by atoms with van der Waals surface area (Å²) in [6.45, 7) is 12.9. The predicted octanol–water partition coefficient (Wildman–Crippen LogP) is 1.14. The van der Waals surface area contributed by atoms with Crippen molar-refractivity contribution in [3.63, 3.8) is 0 Å². The van der Waals surface area contributed by atoms with Crippen LogP contribution in [0.25, 0.3) is 0 Å². The molecule has 3 rings (SSSR count). The zero-order valence-electron chi connectivity index (χ0n) is 14.3. The molecule has 1 saturated heterocycles. The Morgan fingerprint density at radius 2 is 2.08 bits per heavy atom. The van der Waals surface area contributed by atoms with Crippen molar-refractivity contribution in [3.8, 4) is 0 Å². The van der Waals surface area contributed by atoms with E-state index in [2.05, 4.69) is 19.7 Å². The second-order valence-corrected chi connectivity index (χ2v) is 7.29. The lowest BCUT2D eigenvalue weighted by molar-refractivity contribution is -0.149. The summed E-state index contributed by atoms with van der Waals surface area (Å²) in [7, 11) is 0. The van der Waals surface area contributed by atoms with Crippen molar-refractivity contribution in [2.45, 2.75) is 38.1 Å². The first kappa shape index (κ1) is 17.9. The van der Waals surface area contributed by atoms with Gasteiger partial charge in [0.25, 0.3) is 0 Å². The van der Waals surface area contributed by atoms with Crippen molar-refractivity contribution >= 4 is 11.9 Å². The molecule has 6 heteroatoms. The van der Waals surface area contributed by atoms with Gasteiger partial charge in [0.15, 0.2) is 0 Å². The molecule has 0 bridgehead atoms. The van der Waals surface area contributed by atoms with Gasteiger partial charge in [0.1, 0.15) is 12.2 Å². The number of fused-ring (bicyclic) bond motifs is 3. The minimum Gasteiger partial charge on any atom is -0.461 e. The molecule has 0 aromatic rings. The summed E-state index contributed by atoms with van der Waals surface area (Å²) < 4.78 is 11.2. The number of esters is 2. The van der Waals surface area contributed by atoms with Crippen LogP contribution in [0.2, 0.25) is 0 Å². The van der Waals surface area contributed by atoms with E-state index in [1.807, 2.05) is 0 Å². The Balaban J connectivity index is 1.95. The monoisotopic (exact) mass is 348 g/mol. The van der Waals surface area contributed by atoms with Crippen LogP contribution in [0.15, 0.2) is 36.5 Å². The molecule has 0 aromatic heterocycles. The first-order chi connectivity index (χ1) is 11.8. The third-order valence-electron chi connectivity index (χ3n) is 5.86. The van der Waals surface area contributed by atoms with Crippen molar-refractivity contribution < 1.29 is 29.3 Å². The minimum absolute atomic E-state index is 0.0377. The molecular formula is C19H24O6. The quantitative estimate of drug-likeness (QED) is 0.451. The number of carbonyl (C=O) groups is 2. The molecule has 25 heavy (non-hydrogen) atoms. The molecular weight excluding hydrogens is 324 g/mol. The Kier molecular flexibility index (Phi) is 4.60. The highest BCUT2D eigenvalue weighted by Gasteiger charge is 2.57. The van der Waals surface area contributed by atoms with Crippen molar-refractivity contribution in [1.29, 1.82) is 0 Å². The molecule has 1 heterocycles. The summed E-state index contributed by atoms with van der Waals surface area (Å²) in [5.41, 5.74) is 1.46. The van der Waals surface area contributed by atoms with Crippen LogP contribution in [0, 0.1) is 23.7 Å². The molecule has 0 amide bonds. The SMILES string of the molecule is C=C(CO)C(=O)OC1CC(=C)C2CC(O)C(=C)C2C2OC(=O)C(C)C12. The molecule has 0 spiro atoms. The summed E-state index contributed by atoms with van der Waals surface area (Å²) >= 11 is 0. The third-order valence-corrected chi connectivity index (χ3v) is 5.86. The summed E-state index contributed by atoms with van der Waals surface area (Å²) in [5.74, 6) is -2.09. The summed E-state index contributed by atoms with van der Waals surface area (Å²) in [4.78, 5) is 24.3.